The molecule has 28 heavy (non-hydrogen) atoms. The van der Waals surface area contributed by atoms with E-state index in [1.807, 2.05) is 36.4 Å². The average Bonchev–Trinajstić information content (AvgIpc) is 3.48. The number of hydrogen-bond acceptors (Lipinski definition) is 5. The number of carbonyl (C=O) groups excluding carboxylic acids is 1. The van der Waals surface area contributed by atoms with Crippen LogP contribution in [-0.4, -0.2) is 29.2 Å². The van der Waals surface area contributed by atoms with Crippen LogP contribution in [-0.2, 0) is 11.2 Å². The highest BCUT2D eigenvalue weighted by atomic mass is 16.3. The number of furan rings is 2. The average molecular weight is 375 g/mol. The van der Waals surface area contributed by atoms with Crippen molar-refractivity contribution in [1.82, 2.24) is 5.01 Å². The van der Waals surface area contributed by atoms with E-state index in [4.69, 9.17) is 8.83 Å². The first kappa shape index (κ1) is 16.9. The lowest BCUT2D eigenvalue weighted by Gasteiger charge is -2.27. The van der Waals surface area contributed by atoms with Crippen molar-refractivity contribution < 1.29 is 13.6 Å². The number of carbonyl (C=O) groups is 1. The predicted octanol–water partition coefficient (Wildman–Crippen LogP) is 4.00. The maximum absolute atomic E-state index is 13.3. The molecule has 142 valence electrons. The molecule has 6 nitrogen and oxygen atoms in total. The van der Waals surface area contributed by atoms with Gasteiger partial charge in [-0.05, 0) is 49.2 Å². The van der Waals surface area contributed by atoms with Gasteiger partial charge in [0.25, 0.3) is 5.91 Å². The zero-order chi connectivity index (χ0) is 19.1. The van der Waals surface area contributed by atoms with Crippen LogP contribution in [0.3, 0.4) is 0 Å². The van der Waals surface area contributed by atoms with Gasteiger partial charge >= 0.3 is 0 Å². The molecule has 2 aliphatic heterocycles. The summed E-state index contributed by atoms with van der Waals surface area (Å²) in [5.74, 6) is 1.37. The highest BCUT2D eigenvalue weighted by molar-refractivity contribution is 6.01. The molecule has 0 saturated heterocycles. The summed E-state index contributed by atoms with van der Waals surface area (Å²) in [6, 6.07) is 15.7. The first-order valence-electron chi connectivity index (χ1n) is 9.52. The van der Waals surface area contributed by atoms with Crippen LogP contribution in [0.2, 0.25) is 0 Å². The number of rotatable bonds is 4. The first-order chi connectivity index (χ1) is 13.7. The molecule has 2 aromatic heterocycles. The van der Waals surface area contributed by atoms with Gasteiger partial charge in [0.15, 0.2) is 0 Å². The Balaban J connectivity index is 1.43. The van der Waals surface area contributed by atoms with Crippen molar-refractivity contribution >= 4 is 17.3 Å². The first-order valence-corrected chi connectivity index (χ1v) is 9.52. The zero-order valence-electron chi connectivity index (χ0n) is 15.6. The molecule has 3 aromatic rings. The van der Waals surface area contributed by atoms with Crippen molar-refractivity contribution in [3.05, 3.63) is 78.1 Å². The minimum Gasteiger partial charge on any atom is -0.467 e. The molecular weight excluding hydrogens is 354 g/mol. The fraction of sp³-hybridized carbons (Fsp3) is 0.273. The third-order valence-corrected chi connectivity index (χ3v) is 5.50. The second-order valence-corrected chi connectivity index (χ2v) is 7.31. The highest BCUT2D eigenvalue weighted by Gasteiger charge is 2.37. The van der Waals surface area contributed by atoms with Crippen molar-refractivity contribution in [1.29, 1.82) is 0 Å². The SMILES string of the molecule is CC1Cc2ccccc2N1CC(=O)N1N=C(c2ccco2)CC1c1ccco1. The number of para-hydroxylation sites is 1. The van der Waals surface area contributed by atoms with E-state index in [1.165, 1.54) is 5.56 Å². The fourth-order valence-electron chi connectivity index (χ4n) is 4.12. The second-order valence-electron chi connectivity index (χ2n) is 7.31. The Bertz CT molecular complexity index is 1010. The molecule has 0 saturated carbocycles. The highest BCUT2D eigenvalue weighted by Crippen LogP contribution is 2.35. The van der Waals surface area contributed by atoms with Gasteiger partial charge in [-0.15, -0.1) is 0 Å². The summed E-state index contributed by atoms with van der Waals surface area (Å²) < 4.78 is 11.1. The van der Waals surface area contributed by atoms with Gasteiger partial charge in [-0.25, -0.2) is 5.01 Å². The maximum atomic E-state index is 13.3. The molecule has 1 aromatic carbocycles. The van der Waals surface area contributed by atoms with Gasteiger partial charge in [-0.1, -0.05) is 18.2 Å². The molecule has 6 heteroatoms. The normalized spacial score (nSPS) is 21.1. The number of anilines is 1. The molecule has 0 fully saturated rings. The monoisotopic (exact) mass is 375 g/mol. The summed E-state index contributed by atoms with van der Waals surface area (Å²) in [6.07, 6.45) is 4.76. The number of hydrazone groups is 1. The molecule has 2 unspecified atom stereocenters. The number of fused-ring (bicyclic) bond motifs is 1. The van der Waals surface area contributed by atoms with Crippen LogP contribution in [0, 0.1) is 0 Å². The lowest BCUT2D eigenvalue weighted by molar-refractivity contribution is -0.131. The van der Waals surface area contributed by atoms with Gasteiger partial charge in [0, 0.05) is 18.2 Å². The number of amides is 1. The largest absolute Gasteiger partial charge is 0.467 e. The molecule has 0 spiro atoms. The Morgan fingerprint density at radius 2 is 1.89 bits per heavy atom. The van der Waals surface area contributed by atoms with Crippen LogP contribution in [0.25, 0.3) is 0 Å². The zero-order valence-corrected chi connectivity index (χ0v) is 15.6. The molecule has 2 atom stereocenters. The Morgan fingerprint density at radius 1 is 1.07 bits per heavy atom. The van der Waals surface area contributed by atoms with Crippen LogP contribution < -0.4 is 4.90 Å². The quantitative estimate of drug-likeness (QED) is 0.691. The lowest BCUT2D eigenvalue weighted by Crippen LogP contribution is -2.40. The van der Waals surface area contributed by atoms with E-state index in [0.29, 0.717) is 12.2 Å². The molecule has 5 rings (SSSR count). The van der Waals surface area contributed by atoms with Crippen LogP contribution in [0.15, 0.2) is 75.0 Å². The van der Waals surface area contributed by atoms with Gasteiger partial charge in [-0.2, -0.15) is 5.10 Å². The predicted molar refractivity (Wildman–Crippen MR) is 105 cm³/mol. The Hall–Kier alpha value is -3.28. The van der Waals surface area contributed by atoms with Gasteiger partial charge in [-0.3, -0.25) is 4.79 Å². The van der Waals surface area contributed by atoms with Crippen LogP contribution in [0.5, 0.6) is 0 Å². The fourth-order valence-corrected chi connectivity index (χ4v) is 4.12. The molecule has 0 aliphatic carbocycles. The topological polar surface area (TPSA) is 62.2 Å². The molecule has 0 N–H and O–H groups in total. The van der Waals surface area contributed by atoms with E-state index in [1.54, 1.807) is 17.5 Å². The van der Waals surface area contributed by atoms with Crippen molar-refractivity contribution in [2.24, 2.45) is 5.10 Å². The number of benzene rings is 1. The van der Waals surface area contributed by atoms with Gasteiger partial charge < -0.3 is 13.7 Å². The van der Waals surface area contributed by atoms with Crippen molar-refractivity contribution in [3.8, 4) is 0 Å². The maximum Gasteiger partial charge on any atom is 0.262 e. The van der Waals surface area contributed by atoms with E-state index in [2.05, 4.69) is 29.1 Å². The standard InChI is InChI=1S/C22H21N3O3/c1-15-12-16-6-2-3-7-18(16)24(15)14-22(26)25-19(21-9-5-11-28-21)13-17(23-25)20-8-4-10-27-20/h2-11,15,19H,12-14H2,1H3. The summed E-state index contributed by atoms with van der Waals surface area (Å²) in [6.45, 7) is 2.43. The smallest absolute Gasteiger partial charge is 0.262 e. The van der Waals surface area contributed by atoms with Crippen molar-refractivity contribution in [2.45, 2.75) is 31.8 Å². The number of hydrogen-bond donors (Lipinski definition) is 0. The van der Waals surface area contributed by atoms with Gasteiger partial charge in [0.2, 0.25) is 0 Å². The molecular formula is C22H21N3O3. The van der Waals surface area contributed by atoms with E-state index in [-0.39, 0.29) is 24.5 Å². The summed E-state index contributed by atoms with van der Waals surface area (Å²) in [7, 11) is 0. The second kappa shape index (κ2) is 6.71. The van der Waals surface area contributed by atoms with E-state index >= 15 is 0 Å². The summed E-state index contributed by atoms with van der Waals surface area (Å²) in [5.41, 5.74) is 3.17. The van der Waals surface area contributed by atoms with E-state index in [0.717, 1.165) is 23.6 Å². The van der Waals surface area contributed by atoms with Crippen molar-refractivity contribution in [2.75, 3.05) is 11.4 Å². The lowest BCUT2D eigenvalue weighted by atomic mass is 10.1. The third-order valence-electron chi connectivity index (χ3n) is 5.50. The van der Waals surface area contributed by atoms with Gasteiger partial charge in [0.1, 0.15) is 23.3 Å². The summed E-state index contributed by atoms with van der Waals surface area (Å²) in [5, 5.41) is 6.17. The molecule has 0 radical (unpaired) electrons. The number of nitrogens with zero attached hydrogens (tertiary/aromatic N) is 3. The van der Waals surface area contributed by atoms with Crippen LogP contribution in [0.1, 0.15) is 36.5 Å². The van der Waals surface area contributed by atoms with E-state index in [9.17, 15) is 4.79 Å². The molecule has 1 amide bonds. The molecule has 4 heterocycles. The third kappa shape index (κ3) is 2.81. The minimum absolute atomic E-state index is 0.0495. The van der Waals surface area contributed by atoms with E-state index < -0.39 is 0 Å². The van der Waals surface area contributed by atoms with Crippen LogP contribution in [0.4, 0.5) is 5.69 Å². The molecule has 0 bridgehead atoms. The summed E-state index contributed by atoms with van der Waals surface area (Å²) >= 11 is 0. The van der Waals surface area contributed by atoms with Crippen LogP contribution >= 0.6 is 0 Å². The summed E-state index contributed by atoms with van der Waals surface area (Å²) in [4.78, 5) is 15.4. The van der Waals surface area contributed by atoms with Gasteiger partial charge in [0.05, 0.1) is 19.1 Å². The Morgan fingerprint density at radius 3 is 2.68 bits per heavy atom. The Labute approximate surface area is 163 Å². The minimum atomic E-state index is -0.254. The van der Waals surface area contributed by atoms with Crippen molar-refractivity contribution in [3.63, 3.8) is 0 Å². The molecule has 2 aliphatic rings. The Kier molecular flexibility index (Phi) is 4.04.